The van der Waals surface area contributed by atoms with Crippen molar-refractivity contribution in [3.63, 3.8) is 0 Å². The van der Waals surface area contributed by atoms with Gasteiger partial charge in [0.05, 0.1) is 7.11 Å². The zero-order valence-electron chi connectivity index (χ0n) is 16.7. The molecule has 0 spiro atoms. The number of nitrogens with zero attached hydrogens (tertiary/aromatic N) is 2. The van der Waals surface area contributed by atoms with Crippen LogP contribution in [0, 0.1) is 11.3 Å². The Morgan fingerprint density at radius 2 is 1.90 bits per heavy atom. The monoisotopic (exact) mass is 463 g/mol. The molecule has 0 atom stereocenters. The topological polar surface area (TPSA) is 81.2 Å². The van der Waals surface area contributed by atoms with Crippen LogP contribution in [0.4, 0.5) is 5.82 Å². The number of hydrogen-bond donors (Lipinski definition) is 1. The molecular weight excluding hydrogens is 442 g/mol. The van der Waals surface area contributed by atoms with Crippen LogP contribution in [-0.4, -0.2) is 12.1 Å². The van der Waals surface area contributed by atoms with Crippen LogP contribution in [0.3, 0.4) is 0 Å². The Hall–Kier alpha value is -3.04. The van der Waals surface area contributed by atoms with E-state index in [0.717, 1.165) is 58.1 Å². The largest absolute Gasteiger partial charge is 0.493 e. The second-order valence-electron chi connectivity index (χ2n) is 7.25. The van der Waals surface area contributed by atoms with Gasteiger partial charge in [0.2, 0.25) is 0 Å². The molecule has 2 aromatic carbocycles. The number of aryl methyl sites for hydroxylation is 1. The number of pyridine rings is 1. The second kappa shape index (κ2) is 8.76. The normalized spacial score (nSPS) is 12.7. The van der Waals surface area contributed by atoms with E-state index in [1.165, 1.54) is 0 Å². The van der Waals surface area contributed by atoms with Gasteiger partial charge in [-0.1, -0.05) is 46.3 Å². The van der Waals surface area contributed by atoms with Crippen LogP contribution in [0.5, 0.6) is 11.5 Å². The van der Waals surface area contributed by atoms with E-state index in [1.807, 2.05) is 42.5 Å². The van der Waals surface area contributed by atoms with Gasteiger partial charge in [-0.05, 0) is 48.9 Å². The smallest absolute Gasteiger partial charge is 0.162 e. The number of nitrogens with two attached hydrogens (primary N) is 1. The van der Waals surface area contributed by atoms with E-state index in [1.54, 1.807) is 7.11 Å². The van der Waals surface area contributed by atoms with Crippen LogP contribution in [0.1, 0.15) is 35.2 Å². The molecule has 0 radical (unpaired) electrons. The Morgan fingerprint density at radius 1 is 1.13 bits per heavy atom. The molecule has 4 rings (SSSR count). The third kappa shape index (κ3) is 3.86. The van der Waals surface area contributed by atoms with E-state index in [2.05, 4.69) is 27.0 Å². The van der Waals surface area contributed by atoms with Gasteiger partial charge in [0.1, 0.15) is 24.1 Å². The van der Waals surface area contributed by atoms with Crippen molar-refractivity contribution in [2.24, 2.45) is 0 Å². The van der Waals surface area contributed by atoms with Gasteiger partial charge < -0.3 is 15.2 Å². The maximum atomic E-state index is 9.80. The van der Waals surface area contributed by atoms with E-state index in [0.29, 0.717) is 23.7 Å². The third-order valence-electron chi connectivity index (χ3n) is 5.37. The number of aromatic nitrogens is 1. The van der Waals surface area contributed by atoms with Crippen molar-refractivity contribution in [3.05, 3.63) is 69.3 Å². The quantitative estimate of drug-likeness (QED) is 0.545. The molecule has 1 aliphatic rings. The lowest BCUT2D eigenvalue weighted by atomic mass is 9.86. The highest BCUT2D eigenvalue weighted by molar-refractivity contribution is 9.10. The lowest BCUT2D eigenvalue weighted by molar-refractivity contribution is 0.284. The molecule has 5 nitrogen and oxygen atoms in total. The number of nitriles is 1. The van der Waals surface area contributed by atoms with E-state index in [9.17, 15) is 5.26 Å². The van der Waals surface area contributed by atoms with Gasteiger partial charge in [0.25, 0.3) is 0 Å². The van der Waals surface area contributed by atoms with Gasteiger partial charge in [-0.3, -0.25) is 0 Å². The van der Waals surface area contributed by atoms with Gasteiger partial charge in [-0.25, -0.2) is 4.98 Å². The van der Waals surface area contributed by atoms with E-state index >= 15 is 0 Å². The second-order valence-corrected chi connectivity index (χ2v) is 8.10. The summed E-state index contributed by atoms with van der Waals surface area (Å²) < 4.78 is 12.5. The van der Waals surface area contributed by atoms with Gasteiger partial charge in [0.15, 0.2) is 11.5 Å². The molecule has 6 heteroatoms. The number of ether oxygens (including phenoxy) is 2. The Kier molecular flexibility index (Phi) is 5.91. The Bertz CT molecular complexity index is 1120. The first-order valence-corrected chi connectivity index (χ1v) is 10.7. The summed E-state index contributed by atoms with van der Waals surface area (Å²) in [5.41, 5.74) is 11.4. The number of benzene rings is 2. The predicted molar refractivity (Wildman–Crippen MR) is 120 cm³/mol. The molecular formula is C24H22BrN3O2. The summed E-state index contributed by atoms with van der Waals surface area (Å²) in [5, 5.41) is 9.80. The molecule has 152 valence electrons. The van der Waals surface area contributed by atoms with Crippen molar-refractivity contribution in [2.75, 3.05) is 12.8 Å². The average molecular weight is 464 g/mol. The lowest BCUT2D eigenvalue weighted by Gasteiger charge is -2.22. The summed E-state index contributed by atoms with van der Waals surface area (Å²) in [4.78, 5) is 4.51. The molecule has 1 aliphatic carbocycles. The van der Waals surface area contributed by atoms with Crippen LogP contribution >= 0.6 is 15.9 Å². The van der Waals surface area contributed by atoms with Crippen LogP contribution in [0.2, 0.25) is 0 Å². The number of nitrogen functional groups attached to an aromatic ring is 1. The van der Waals surface area contributed by atoms with Crippen LogP contribution < -0.4 is 15.2 Å². The molecule has 0 unspecified atom stereocenters. The maximum Gasteiger partial charge on any atom is 0.162 e. The SMILES string of the molecule is COc1cc(-c2c(C#N)c(N)nc3c2CCCC3)c(Br)cc1OCc1ccccc1. The number of rotatable bonds is 5. The predicted octanol–water partition coefficient (Wildman–Crippen LogP) is 5.43. The van der Waals surface area contributed by atoms with E-state index in [4.69, 9.17) is 15.2 Å². The van der Waals surface area contributed by atoms with E-state index < -0.39 is 0 Å². The molecule has 0 saturated carbocycles. The molecule has 30 heavy (non-hydrogen) atoms. The molecule has 0 bridgehead atoms. The number of anilines is 1. The lowest BCUT2D eigenvalue weighted by Crippen LogP contribution is -2.12. The summed E-state index contributed by atoms with van der Waals surface area (Å²) >= 11 is 3.68. The van der Waals surface area contributed by atoms with Gasteiger partial charge in [-0.2, -0.15) is 5.26 Å². The van der Waals surface area contributed by atoms with E-state index in [-0.39, 0.29) is 5.82 Å². The minimum atomic E-state index is 0.281. The van der Waals surface area contributed by atoms with Crippen molar-refractivity contribution < 1.29 is 9.47 Å². The fourth-order valence-electron chi connectivity index (χ4n) is 3.91. The number of halogens is 1. The molecule has 0 amide bonds. The Labute approximate surface area is 184 Å². The highest BCUT2D eigenvalue weighted by atomic mass is 79.9. The van der Waals surface area contributed by atoms with Crippen molar-refractivity contribution >= 4 is 21.7 Å². The van der Waals surface area contributed by atoms with Crippen molar-refractivity contribution in [1.82, 2.24) is 4.98 Å². The van der Waals surface area contributed by atoms with Crippen LogP contribution in [0.15, 0.2) is 46.9 Å². The highest BCUT2D eigenvalue weighted by Crippen LogP contribution is 2.43. The van der Waals surface area contributed by atoms with Gasteiger partial charge >= 0.3 is 0 Å². The number of methoxy groups -OCH3 is 1. The molecule has 0 fully saturated rings. The fraction of sp³-hybridized carbons (Fsp3) is 0.250. The van der Waals surface area contributed by atoms with Crippen LogP contribution in [-0.2, 0) is 19.4 Å². The minimum Gasteiger partial charge on any atom is -0.493 e. The summed E-state index contributed by atoms with van der Waals surface area (Å²) in [6, 6.07) is 16.0. The first-order chi connectivity index (χ1) is 14.6. The highest BCUT2D eigenvalue weighted by Gasteiger charge is 2.24. The molecule has 2 N–H and O–H groups in total. The molecule has 1 aromatic heterocycles. The number of hydrogen-bond acceptors (Lipinski definition) is 5. The van der Waals surface area contributed by atoms with Crippen molar-refractivity contribution in [2.45, 2.75) is 32.3 Å². The van der Waals surface area contributed by atoms with Crippen molar-refractivity contribution in [3.8, 4) is 28.7 Å². The molecule has 3 aromatic rings. The van der Waals surface area contributed by atoms with Gasteiger partial charge in [0, 0.05) is 21.3 Å². The summed E-state index contributed by atoms with van der Waals surface area (Å²) in [5.74, 6) is 1.52. The Morgan fingerprint density at radius 3 is 2.63 bits per heavy atom. The van der Waals surface area contributed by atoms with Crippen LogP contribution in [0.25, 0.3) is 11.1 Å². The molecule has 1 heterocycles. The summed E-state index contributed by atoms with van der Waals surface area (Å²) in [6.45, 7) is 0.435. The molecule has 0 aliphatic heterocycles. The summed E-state index contributed by atoms with van der Waals surface area (Å²) in [7, 11) is 1.62. The third-order valence-corrected chi connectivity index (χ3v) is 6.03. The first kappa shape index (κ1) is 20.2. The zero-order chi connectivity index (χ0) is 21.1. The van der Waals surface area contributed by atoms with Crippen molar-refractivity contribution in [1.29, 1.82) is 5.26 Å². The summed E-state index contributed by atoms with van der Waals surface area (Å²) in [6.07, 6.45) is 3.92. The van der Waals surface area contributed by atoms with Gasteiger partial charge in [-0.15, -0.1) is 0 Å². The average Bonchev–Trinajstić information content (AvgIpc) is 2.77. The maximum absolute atomic E-state index is 9.80. The minimum absolute atomic E-state index is 0.281. The molecule has 0 saturated heterocycles. The first-order valence-electron chi connectivity index (χ1n) is 9.88. The zero-order valence-corrected chi connectivity index (χ0v) is 18.3. The fourth-order valence-corrected chi connectivity index (χ4v) is 4.43. The Balaban J connectivity index is 1.79. The number of fused-ring (bicyclic) bond motifs is 1. The standard InChI is InChI=1S/C24H22BrN3O2/c1-29-21-11-17(19(25)12-22(21)30-14-15-7-3-2-4-8-15)23-16-9-5-6-10-20(16)28-24(27)18(23)13-26/h2-4,7-8,11-12H,5-6,9-10,14H2,1H3,(H2,27,28).